The van der Waals surface area contributed by atoms with Gasteiger partial charge in [-0.15, -0.1) is 16.4 Å². The zero-order valence-electron chi connectivity index (χ0n) is 13.0. The van der Waals surface area contributed by atoms with Gasteiger partial charge in [0.25, 0.3) is 5.91 Å². The van der Waals surface area contributed by atoms with Crippen LogP contribution in [0.5, 0.6) is 5.75 Å². The number of hydrogen-bond donors (Lipinski definition) is 1. The molecule has 0 aliphatic carbocycles. The van der Waals surface area contributed by atoms with Crippen molar-refractivity contribution >= 4 is 17.2 Å². The lowest BCUT2D eigenvalue weighted by Gasteiger charge is -2.15. The average Bonchev–Trinajstić information content (AvgIpc) is 3.26. The summed E-state index contributed by atoms with van der Waals surface area (Å²) in [5, 5.41) is 15.5. The van der Waals surface area contributed by atoms with E-state index in [0.29, 0.717) is 10.6 Å². The Hall–Kier alpha value is -2.88. The molecular formula is C15H13F2N5O2S. The van der Waals surface area contributed by atoms with Crippen molar-refractivity contribution in [3.05, 3.63) is 52.5 Å². The lowest BCUT2D eigenvalue weighted by Crippen LogP contribution is -2.26. The summed E-state index contributed by atoms with van der Waals surface area (Å²) in [6.07, 6.45) is 1.41. The van der Waals surface area contributed by atoms with E-state index in [0.717, 1.165) is 5.56 Å². The van der Waals surface area contributed by atoms with Crippen LogP contribution in [0, 0.1) is 0 Å². The summed E-state index contributed by atoms with van der Waals surface area (Å²) in [5.74, 6) is -0.211. The van der Waals surface area contributed by atoms with Gasteiger partial charge in [-0.1, -0.05) is 12.1 Å². The van der Waals surface area contributed by atoms with Crippen molar-refractivity contribution in [2.45, 2.75) is 19.6 Å². The van der Waals surface area contributed by atoms with Gasteiger partial charge in [-0.25, -0.2) is 0 Å². The van der Waals surface area contributed by atoms with E-state index in [1.807, 2.05) is 0 Å². The smallest absolute Gasteiger partial charge is 0.387 e. The molecule has 0 saturated heterocycles. The van der Waals surface area contributed by atoms with E-state index < -0.39 is 6.61 Å². The standard InChI is InChI=1S/C15H13F2N5O2S/c1-9(10-2-4-11(5-3-10)24-15(16)17)19-14(23)13-12(6-7-25-13)22-8-18-20-21-22/h2-9,15H,1H3,(H,19,23). The topological polar surface area (TPSA) is 81.9 Å². The molecule has 0 aliphatic heterocycles. The van der Waals surface area contributed by atoms with Crippen molar-refractivity contribution in [1.82, 2.24) is 25.5 Å². The van der Waals surface area contributed by atoms with Crippen molar-refractivity contribution in [3.63, 3.8) is 0 Å². The van der Waals surface area contributed by atoms with Gasteiger partial charge >= 0.3 is 6.61 Å². The van der Waals surface area contributed by atoms with Crippen LogP contribution in [-0.4, -0.2) is 32.7 Å². The Labute approximate surface area is 145 Å². The third-order valence-electron chi connectivity index (χ3n) is 3.40. The third kappa shape index (κ3) is 3.97. The molecule has 0 bridgehead atoms. The zero-order chi connectivity index (χ0) is 17.8. The molecule has 130 valence electrons. The number of thiophene rings is 1. The van der Waals surface area contributed by atoms with Crippen LogP contribution in [0.4, 0.5) is 8.78 Å². The summed E-state index contributed by atoms with van der Waals surface area (Å²) in [5.41, 5.74) is 1.34. The minimum Gasteiger partial charge on any atom is -0.435 e. The molecule has 10 heteroatoms. The molecule has 0 saturated carbocycles. The SMILES string of the molecule is CC(NC(=O)c1sccc1-n1cnnn1)c1ccc(OC(F)F)cc1. The monoisotopic (exact) mass is 365 g/mol. The van der Waals surface area contributed by atoms with Gasteiger partial charge in [0.15, 0.2) is 0 Å². The van der Waals surface area contributed by atoms with Crippen LogP contribution in [0.1, 0.15) is 28.2 Å². The number of carbonyl (C=O) groups excluding carboxylic acids is 1. The Morgan fingerprint density at radius 1 is 1.28 bits per heavy atom. The van der Waals surface area contributed by atoms with Crippen LogP contribution in [0.25, 0.3) is 5.69 Å². The first kappa shape index (κ1) is 17.0. The molecule has 1 atom stereocenters. The fourth-order valence-corrected chi connectivity index (χ4v) is 2.99. The van der Waals surface area contributed by atoms with Gasteiger partial charge in [0.05, 0.1) is 11.7 Å². The zero-order valence-corrected chi connectivity index (χ0v) is 13.8. The van der Waals surface area contributed by atoms with Gasteiger partial charge in [-0.05, 0) is 46.5 Å². The molecule has 2 aromatic heterocycles. The molecular weight excluding hydrogens is 352 g/mol. The predicted molar refractivity (Wildman–Crippen MR) is 86.0 cm³/mol. The molecule has 0 spiro atoms. The quantitative estimate of drug-likeness (QED) is 0.726. The van der Waals surface area contributed by atoms with Crippen LogP contribution in [-0.2, 0) is 0 Å². The molecule has 1 unspecified atom stereocenters. The molecule has 3 aromatic rings. The number of alkyl halides is 2. The number of ether oxygens (including phenoxy) is 1. The second-order valence-corrected chi connectivity index (χ2v) is 5.95. The van der Waals surface area contributed by atoms with Crippen molar-refractivity contribution in [1.29, 1.82) is 0 Å². The highest BCUT2D eigenvalue weighted by Gasteiger charge is 2.18. The van der Waals surface area contributed by atoms with Crippen LogP contribution < -0.4 is 10.1 Å². The van der Waals surface area contributed by atoms with Gasteiger partial charge in [0.1, 0.15) is 17.0 Å². The second kappa shape index (κ2) is 7.34. The highest BCUT2D eigenvalue weighted by molar-refractivity contribution is 7.12. The van der Waals surface area contributed by atoms with Crippen molar-refractivity contribution in [3.8, 4) is 11.4 Å². The fraction of sp³-hybridized carbons (Fsp3) is 0.200. The summed E-state index contributed by atoms with van der Waals surface area (Å²) in [7, 11) is 0. The Bertz CT molecular complexity index is 836. The Morgan fingerprint density at radius 3 is 2.68 bits per heavy atom. The van der Waals surface area contributed by atoms with Crippen LogP contribution >= 0.6 is 11.3 Å². The van der Waals surface area contributed by atoms with Gasteiger partial charge in [-0.3, -0.25) is 4.79 Å². The van der Waals surface area contributed by atoms with Gasteiger partial charge < -0.3 is 10.1 Å². The van der Waals surface area contributed by atoms with Crippen LogP contribution in [0.3, 0.4) is 0 Å². The Balaban J connectivity index is 1.70. The number of halogens is 2. The van der Waals surface area contributed by atoms with Gasteiger partial charge in [0, 0.05) is 0 Å². The van der Waals surface area contributed by atoms with Crippen LogP contribution in [0.15, 0.2) is 42.0 Å². The number of nitrogens with zero attached hydrogens (tertiary/aromatic N) is 4. The largest absolute Gasteiger partial charge is 0.435 e. The number of hydrogen-bond acceptors (Lipinski definition) is 6. The molecule has 0 radical (unpaired) electrons. The summed E-state index contributed by atoms with van der Waals surface area (Å²) >= 11 is 1.27. The number of benzene rings is 1. The van der Waals surface area contributed by atoms with Crippen LogP contribution in [0.2, 0.25) is 0 Å². The number of carbonyl (C=O) groups is 1. The number of aromatic nitrogens is 4. The molecule has 1 N–H and O–H groups in total. The molecule has 0 fully saturated rings. The average molecular weight is 365 g/mol. The molecule has 3 rings (SSSR count). The van der Waals surface area contributed by atoms with E-state index in [2.05, 4.69) is 25.6 Å². The minimum absolute atomic E-state index is 0.0662. The highest BCUT2D eigenvalue weighted by Crippen LogP contribution is 2.23. The van der Waals surface area contributed by atoms with E-state index in [9.17, 15) is 13.6 Å². The first-order chi connectivity index (χ1) is 12.0. The van der Waals surface area contributed by atoms with E-state index in [4.69, 9.17) is 0 Å². The number of rotatable bonds is 6. The summed E-state index contributed by atoms with van der Waals surface area (Å²) in [4.78, 5) is 13.0. The second-order valence-electron chi connectivity index (χ2n) is 5.03. The number of amides is 1. The summed E-state index contributed by atoms with van der Waals surface area (Å²) < 4.78 is 30.1. The lowest BCUT2D eigenvalue weighted by molar-refractivity contribution is -0.0498. The predicted octanol–water partition coefficient (Wildman–Crippen LogP) is 2.82. The Morgan fingerprint density at radius 2 is 2.04 bits per heavy atom. The maximum absolute atomic E-state index is 12.5. The van der Waals surface area contributed by atoms with Gasteiger partial charge in [0.2, 0.25) is 0 Å². The van der Waals surface area contributed by atoms with E-state index in [1.54, 1.807) is 30.5 Å². The number of nitrogens with one attached hydrogen (secondary N) is 1. The molecule has 0 aliphatic rings. The first-order valence-electron chi connectivity index (χ1n) is 7.21. The van der Waals surface area contributed by atoms with Gasteiger partial charge in [-0.2, -0.15) is 13.5 Å². The van der Waals surface area contributed by atoms with E-state index in [1.165, 1.54) is 34.5 Å². The molecule has 1 aromatic carbocycles. The highest BCUT2D eigenvalue weighted by atomic mass is 32.1. The maximum Gasteiger partial charge on any atom is 0.387 e. The Kier molecular flexibility index (Phi) is 4.98. The molecule has 2 heterocycles. The van der Waals surface area contributed by atoms with Crippen molar-refractivity contribution in [2.75, 3.05) is 0 Å². The molecule has 25 heavy (non-hydrogen) atoms. The third-order valence-corrected chi connectivity index (χ3v) is 4.30. The number of tetrazole rings is 1. The fourth-order valence-electron chi connectivity index (χ4n) is 2.21. The normalized spacial score (nSPS) is 12.2. The maximum atomic E-state index is 12.5. The minimum atomic E-state index is -2.87. The summed E-state index contributed by atoms with van der Waals surface area (Å²) in [6.45, 7) is -1.07. The molecule has 7 nitrogen and oxygen atoms in total. The van der Waals surface area contributed by atoms with E-state index >= 15 is 0 Å². The van der Waals surface area contributed by atoms with Crippen molar-refractivity contribution < 1.29 is 18.3 Å². The summed E-state index contributed by atoms with van der Waals surface area (Å²) in [6, 6.07) is 7.54. The first-order valence-corrected chi connectivity index (χ1v) is 8.09. The van der Waals surface area contributed by atoms with E-state index in [-0.39, 0.29) is 17.7 Å². The molecule has 1 amide bonds. The lowest BCUT2D eigenvalue weighted by atomic mass is 10.1. The van der Waals surface area contributed by atoms with Crippen molar-refractivity contribution in [2.24, 2.45) is 0 Å².